The Bertz CT molecular complexity index is 852. The number of hydrogen-bond donors (Lipinski definition) is 2. The van der Waals surface area contributed by atoms with Gasteiger partial charge in [-0.1, -0.05) is 24.3 Å². The molecule has 0 bridgehead atoms. The summed E-state index contributed by atoms with van der Waals surface area (Å²) in [5.74, 6) is -2.77. The molecule has 124 valence electrons. The van der Waals surface area contributed by atoms with E-state index in [1.165, 1.54) is 17.4 Å². The van der Waals surface area contributed by atoms with Crippen LogP contribution in [0.3, 0.4) is 0 Å². The van der Waals surface area contributed by atoms with E-state index < -0.39 is 28.7 Å². The third-order valence-corrected chi connectivity index (χ3v) is 5.11. The highest BCUT2D eigenvalue weighted by Gasteiger charge is 2.27. The SMILES string of the molecule is C[C@@](O)(CNC(=O)c1c(F)cccc1F)c1cc2ccccc2s1. The van der Waals surface area contributed by atoms with Gasteiger partial charge in [-0.25, -0.2) is 8.78 Å². The summed E-state index contributed by atoms with van der Waals surface area (Å²) in [7, 11) is 0. The summed E-state index contributed by atoms with van der Waals surface area (Å²) in [5, 5.41) is 14.0. The minimum atomic E-state index is -1.35. The molecule has 1 amide bonds. The molecule has 0 aliphatic heterocycles. The molecule has 1 heterocycles. The highest BCUT2D eigenvalue weighted by Crippen LogP contribution is 2.32. The molecule has 0 spiro atoms. The maximum absolute atomic E-state index is 13.6. The van der Waals surface area contributed by atoms with E-state index in [0.717, 1.165) is 22.2 Å². The molecule has 1 aromatic heterocycles. The summed E-state index contributed by atoms with van der Waals surface area (Å²) in [6.45, 7) is 1.39. The number of thiophene rings is 1. The van der Waals surface area contributed by atoms with Crippen LogP contribution >= 0.6 is 11.3 Å². The highest BCUT2D eigenvalue weighted by molar-refractivity contribution is 7.19. The van der Waals surface area contributed by atoms with Crippen molar-refractivity contribution in [2.75, 3.05) is 6.54 Å². The average Bonchev–Trinajstić information content (AvgIpc) is 2.98. The normalized spacial score (nSPS) is 13.7. The predicted octanol–water partition coefficient (Wildman–Crippen LogP) is 3.82. The minimum Gasteiger partial charge on any atom is -0.383 e. The molecule has 0 fully saturated rings. The van der Waals surface area contributed by atoms with Gasteiger partial charge in [-0.3, -0.25) is 4.79 Å². The van der Waals surface area contributed by atoms with Crippen molar-refractivity contribution in [1.29, 1.82) is 0 Å². The number of carbonyl (C=O) groups is 1. The van der Waals surface area contributed by atoms with Crippen LogP contribution in [0, 0.1) is 11.6 Å². The number of aliphatic hydroxyl groups is 1. The van der Waals surface area contributed by atoms with Crippen LogP contribution in [0.25, 0.3) is 10.1 Å². The Morgan fingerprint density at radius 3 is 2.50 bits per heavy atom. The van der Waals surface area contributed by atoms with Gasteiger partial charge in [-0.2, -0.15) is 0 Å². The zero-order chi connectivity index (χ0) is 17.3. The zero-order valence-electron chi connectivity index (χ0n) is 12.8. The molecule has 0 saturated carbocycles. The maximum atomic E-state index is 13.6. The van der Waals surface area contributed by atoms with Crippen molar-refractivity contribution in [3.8, 4) is 0 Å². The van der Waals surface area contributed by atoms with Gasteiger partial charge < -0.3 is 10.4 Å². The van der Waals surface area contributed by atoms with Crippen LogP contribution in [0.5, 0.6) is 0 Å². The maximum Gasteiger partial charge on any atom is 0.257 e. The van der Waals surface area contributed by atoms with E-state index in [1.54, 1.807) is 6.92 Å². The zero-order valence-corrected chi connectivity index (χ0v) is 13.7. The molecule has 0 unspecified atom stereocenters. The second-order valence-electron chi connectivity index (χ2n) is 5.70. The summed E-state index contributed by atoms with van der Waals surface area (Å²) in [4.78, 5) is 12.7. The van der Waals surface area contributed by atoms with E-state index in [0.29, 0.717) is 4.88 Å². The minimum absolute atomic E-state index is 0.160. The van der Waals surface area contributed by atoms with Crippen molar-refractivity contribution < 1.29 is 18.7 Å². The number of hydrogen-bond acceptors (Lipinski definition) is 3. The van der Waals surface area contributed by atoms with E-state index >= 15 is 0 Å². The first-order valence-electron chi connectivity index (χ1n) is 7.32. The van der Waals surface area contributed by atoms with Gasteiger partial charge in [0, 0.05) is 9.58 Å². The van der Waals surface area contributed by atoms with Crippen molar-refractivity contribution in [1.82, 2.24) is 5.32 Å². The second kappa shape index (κ2) is 6.30. The van der Waals surface area contributed by atoms with Gasteiger partial charge in [0.15, 0.2) is 0 Å². The number of fused-ring (bicyclic) bond motifs is 1. The summed E-state index contributed by atoms with van der Waals surface area (Å²) in [6, 6.07) is 12.7. The number of carbonyl (C=O) groups excluding carboxylic acids is 1. The van der Waals surface area contributed by atoms with E-state index in [9.17, 15) is 18.7 Å². The number of amides is 1. The van der Waals surface area contributed by atoms with Crippen molar-refractivity contribution in [3.05, 3.63) is 70.6 Å². The van der Waals surface area contributed by atoms with Gasteiger partial charge in [-0.05, 0) is 36.6 Å². The molecule has 2 N–H and O–H groups in total. The Balaban J connectivity index is 1.78. The molecular weight excluding hydrogens is 332 g/mol. The van der Waals surface area contributed by atoms with Crippen LogP contribution in [-0.2, 0) is 5.60 Å². The Hall–Kier alpha value is -2.31. The van der Waals surface area contributed by atoms with Gasteiger partial charge >= 0.3 is 0 Å². The van der Waals surface area contributed by atoms with Crippen molar-refractivity contribution in [2.45, 2.75) is 12.5 Å². The molecule has 0 saturated heterocycles. The quantitative estimate of drug-likeness (QED) is 0.754. The third-order valence-electron chi connectivity index (χ3n) is 3.74. The molecular formula is C18H15F2NO2S. The fourth-order valence-corrected chi connectivity index (χ4v) is 3.50. The van der Waals surface area contributed by atoms with E-state index in [-0.39, 0.29) is 6.54 Å². The Morgan fingerprint density at radius 2 is 1.83 bits per heavy atom. The number of nitrogens with one attached hydrogen (secondary N) is 1. The molecule has 24 heavy (non-hydrogen) atoms. The van der Waals surface area contributed by atoms with Crippen LogP contribution < -0.4 is 5.32 Å². The number of rotatable bonds is 4. The smallest absolute Gasteiger partial charge is 0.257 e. The standard InChI is InChI=1S/C18H15F2NO2S/c1-18(23,15-9-11-5-2-3-8-14(11)24-15)10-21-17(22)16-12(19)6-4-7-13(16)20/h2-9,23H,10H2,1H3,(H,21,22)/t18-/m1/s1. The van der Waals surface area contributed by atoms with E-state index in [2.05, 4.69) is 5.32 Å². The topological polar surface area (TPSA) is 49.3 Å². The van der Waals surface area contributed by atoms with Crippen molar-refractivity contribution >= 4 is 27.3 Å². The lowest BCUT2D eigenvalue weighted by atomic mass is 10.0. The van der Waals surface area contributed by atoms with E-state index in [4.69, 9.17) is 0 Å². The van der Waals surface area contributed by atoms with Gasteiger partial charge in [-0.15, -0.1) is 11.3 Å². The summed E-state index contributed by atoms with van der Waals surface area (Å²) in [6.07, 6.45) is 0. The number of halogens is 2. The second-order valence-corrected chi connectivity index (χ2v) is 6.79. The van der Waals surface area contributed by atoms with Crippen LogP contribution in [0.15, 0.2) is 48.5 Å². The van der Waals surface area contributed by atoms with Crippen LogP contribution in [0.4, 0.5) is 8.78 Å². The third kappa shape index (κ3) is 3.16. The molecule has 0 radical (unpaired) electrons. The van der Waals surface area contributed by atoms with Crippen molar-refractivity contribution in [3.63, 3.8) is 0 Å². The molecule has 0 aliphatic rings. The van der Waals surface area contributed by atoms with Crippen molar-refractivity contribution in [2.24, 2.45) is 0 Å². The fraction of sp³-hybridized carbons (Fsp3) is 0.167. The molecule has 3 nitrogen and oxygen atoms in total. The highest BCUT2D eigenvalue weighted by atomic mass is 32.1. The molecule has 2 aromatic carbocycles. The molecule has 3 rings (SSSR count). The first-order chi connectivity index (χ1) is 11.4. The fourth-order valence-electron chi connectivity index (χ4n) is 2.39. The summed E-state index contributed by atoms with van der Waals surface area (Å²) >= 11 is 1.41. The van der Waals surface area contributed by atoms with Crippen LogP contribution in [-0.4, -0.2) is 17.6 Å². The van der Waals surface area contributed by atoms with Crippen LogP contribution in [0.1, 0.15) is 22.2 Å². The number of benzene rings is 2. The van der Waals surface area contributed by atoms with Gasteiger partial charge in [0.1, 0.15) is 22.8 Å². The molecule has 0 aliphatic carbocycles. The Labute approximate surface area is 141 Å². The Kier molecular flexibility index (Phi) is 4.34. The first kappa shape index (κ1) is 16.5. The monoisotopic (exact) mass is 347 g/mol. The van der Waals surface area contributed by atoms with Crippen LogP contribution in [0.2, 0.25) is 0 Å². The lowest BCUT2D eigenvalue weighted by Gasteiger charge is -2.22. The molecule has 3 aromatic rings. The molecule has 6 heteroatoms. The van der Waals surface area contributed by atoms with E-state index in [1.807, 2.05) is 30.3 Å². The molecule has 1 atom stereocenters. The van der Waals surface area contributed by atoms with Gasteiger partial charge in [0.25, 0.3) is 5.91 Å². The largest absolute Gasteiger partial charge is 0.383 e. The first-order valence-corrected chi connectivity index (χ1v) is 8.14. The van der Waals surface area contributed by atoms with Gasteiger partial charge in [0.2, 0.25) is 0 Å². The summed E-state index contributed by atoms with van der Waals surface area (Å²) < 4.78 is 28.3. The predicted molar refractivity (Wildman–Crippen MR) is 90.1 cm³/mol. The average molecular weight is 347 g/mol. The van der Waals surface area contributed by atoms with Gasteiger partial charge in [0.05, 0.1) is 6.54 Å². The lowest BCUT2D eigenvalue weighted by Crippen LogP contribution is -2.38. The Morgan fingerprint density at radius 1 is 1.17 bits per heavy atom. The summed E-state index contributed by atoms with van der Waals surface area (Å²) in [5.41, 5.74) is -1.99. The lowest BCUT2D eigenvalue weighted by molar-refractivity contribution is 0.0554.